The Morgan fingerprint density at radius 3 is 2.95 bits per heavy atom. The highest BCUT2D eigenvalue weighted by molar-refractivity contribution is 4.96. The molecule has 19 heavy (non-hydrogen) atoms. The van der Waals surface area contributed by atoms with Gasteiger partial charge in [0.05, 0.1) is 19.0 Å². The van der Waals surface area contributed by atoms with Gasteiger partial charge >= 0.3 is 0 Å². The Hall–Kier alpha value is -0.840. The van der Waals surface area contributed by atoms with Crippen molar-refractivity contribution in [2.75, 3.05) is 19.7 Å². The van der Waals surface area contributed by atoms with Crippen molar-refractivity contribution in [3.8, 4) is 0 Å². The lowest BCUT2D eigenvalue weighted by atomic mass is 9.67. The van der Waals surface area contributed by atoms with Crippen molar-refractivity contribution in [1.29, 1.82) is 0 Å². The van der Waals surface area contributed by atoms with Gasteiger partial charge in [-0.15, -0.1) is 0 Å². The van der Waals surface area contributed by atoms with Crippen LogP contribution in [0.25, 0.3) is 0 Å². The Bertz CT molecular complexity index is 341. The second kappa shape index (κ2) is 7.08. The highest BCUT2D eigenvalue weighted by atomic mass is 16.5. The van der Waals surface area contributed by atoms with Gasteiger partial charge in [-0.25, -0.2) is 0 Å². The maximum Gasteiger partial charge on any atom is 0.129 e. The normalized spacial score (nSPS) is 19.1. The highest BCUT2D eigenvalue weighted by Crippen LogP contribution is 2.42. The fourth-order valence-corrected chi connectivity index (χ4v) is 2.59. The summed E-state index contributed by atoms with van der Waals surface area (Å²) in [7, 11) is 0. The van der Waals surface area contributed by atoms with Gasteiger partial charge in [-0.3, -0.25) is 0 Å². The minimum atomic E-state index is -0.455. The Morgan fingerprint density at radius 2 is 2.37 bits per heavy atom. The van der Waals surface area contributed by atoms with Crippen LogP contribution in [0, 0.1) is 5.41 Å². The lowest BCUT2D eigenvalue weighted by molar-refractivity contribution is 0.0194. The van der Waals surface area contributed by atoms with E-state index in [-0.39, 0.29) is 0 Å². The van der Waals surface area contributed by atoms with Crippen molar-refractivity contribution < 1.29 is 14.3 Å². The van der Waals surface area contributed by atoms with Crippen molar-refractivity contribution in [1.82, 2.24) is 5.32 Å². The van der Waals surface area contributed by atoms with E-state index in [4.69, 9.17) is 9.15 Å². The molecule has 4 heteroatoms. The average Bonchev–Trinajstić information content (AvgIpc) is 2.86. The summed E-state index contributed by atoms with van der Waals surface area (Å²) < 4.78 is 10.6. The lowest BCUT2D eigenvalue weighted by Crippen LogP contribution is -2.42. The van der Waals surface area contributed by atoms with Gasteiger partial charge in [-0.1, -0.05) is 13.3 Å². The molecule has 1 aliphatic carbocycles. The molecular formula is C15H25NO3. The third-order valence-electron chi connectivity index (χ3n) is 4.18. The van der Waals surface area contributed by atoms with E-state index in [0.29, 0.717) is 25.2 Å². The molecule has 0 aliphatic heterocycles. The van der Waals surface area contributed by atoms with Crippen LogP contribution in [0.3, 0.4) is 0 Å². The molecule has 0 amide bonds. The maximum atomic E-state index is 9.82. The topological polar surface area (TPSA) is 54.6 Å². The van der Waals surface area contributed by atoms with E-state index >= 15 is 0 Å². The first-order chi connectivity index (χ1) is 9.24. The molecule has 0 saturated heterocycles. The molecule has 108 valence electrons. The van der Waals surface area contributed by atoms with Crippen molar-refractivity contribution >= 4 is 0 Å². The monoisotopic (exact) mass is 267 g/mol. The molecule has 1 saturated carbocycles. The van der Waals surface area contributed by atoms with Crippen LogP contribution in [-0.4, -0.2) is 30.9 Å². The van der Waals surface area contributed by atoms with Gasteiger partial charge in [0, 0.05) is 13.1 Å². The molecule has 1 aromatic heterocycles. The molecule has 1 fully saturated rings. The molecule has 1 atom stereocenters. The third kappa shape index (κ3) is 4.34. The van der Waals surface area contributed by atoms with E-state index < -0.39 is 6.10 Å². The molecule has 1 aromatic rings. The third-order valence-corrected chi connectivity index (χ3v) is 4.18. The molecule has 0 spiro atoms. The first-order valence-corrected chi connectivity index (χ1v) is 7.23. The number of aliphatic hydroxyl groups is 1. The summed E-state index contributed by atoms with van der Waals surface area (Å²) in [5.41, 5.74) is 0.495. The van der Waals surface area contributed by atoms with Crippen LogP contribution in [0.1, 0.15) is 38.4 Å². The van der Waals surface area contributed by atoms with E-state index in [1.165, 1.54) is 25.7 Å². The van der Waals surface area contributed by atoms with Crippen molar-refractivity contribution in [3.05, 3.63) is 24.2 Å². The van der Waals surface area contributed by atoms with E-state index in [9.17, 15) is 5.11 Å². The van der Waals surface area contributed by atoms with Crippen LogP contribution in [-0.2, 0) is 11.3 Å². The molecule has 2 rings (SSSR count). The van der Waals surface area contributed by atoms with Crippen LogP contribution in [0.15, 0.2) is 22.8 Å². The average molecular weight is 267 g/mol. The minimum absolute atomic E-state index is 0.340. The SMILES string of the molecule is CCC1(CNCC(O)COCc2ccco2)CCC1. The summed E-state index contributed by atoms with van der Waals surface area (Å²) in [5.74, 6) is 0.791. The summed E-state index contributed by atoms with van der Waals surface area (Å²) in [5, 5.41) is 13.2. The summed E-state index contributed by atoms with van der Waals surface area (Å²) in [6.45, 7) is 4.62. The zero-order chi connectivity index (χ0) is 13.6. The Balaban J connectivity index is 1.53. The number of aliphatic hydroxyl groups excluding tert-OH is 1. The largest absolute Gasteiger partial charge is 0.467 e. The number of hydrogen-bond donors (Lipinski definition) is 2. The quantitative estimate of drug-likeness (QED) is 0.721. The van der Waals surface area contributed by atoms with Gasteiger partial charge in [0.2, 0.25) is 0 Å². The van der Waals surface area contributed by atoms with Crippen LogP contribution < -0.4 is 5.32 Å². The Morgan fingerprint density at radius 1 is 1.53 bits per heavy atom. The first kappa shape index (κ1) is 14.6. The minimum Gasteiger partial charge on any atom is -0.467 e. The second-order valence-corrected chi connectivity index (χ2v) is 5.59. The van der Waals surface area contributed by atoms with Gasteiger partial charge < -0.3 is 19.6 Å². The molecule has 0 radical (unpaired) electrons. The van der Waals surface area contributed by atoms with Crippen LogP contribution >= 0.6 is 0 Å². The predicted octanol–water partition coefficient (Wildman–Crippen LogP) is 2.33. The molecule has 0 bridgehead atoms. The molecule has 0 aromatic carbocycles. The van der Waals surface area contributed by atoms with Crippen LogP contribution in [0.5, 0.6) is 0 Å². The zero-order valence-corrected chi connectivity index (χ0v) is 11.7. The van der Waals surface area contributed by atoms with Crippen molar-refractivity contribution in [2.45, 2.75) is 45.3 Å². The van der Waals surface area contributed by atoms with E-state index in [0.717, 1.165) is 12.3 Å². The summed E-state index contributed by atoms with van der Waals surface area (Å²) in [6.07, 6.45) is 6.39. The number of rotatable bonds is 9. The fourth-order valence-electron chi connectivity index (χ4n) is 2.59. The van der Waals surface area contributed by atoms with Crippen molar-refractivity contribution in [2.24, 2.45) is 5.41 Å². The van der Waals surface area contributed by atoms with Gasteiger partial charge in [0.15, 0.2) is 0 Å². The molecule has 1 heterocycles. The maximum absolute atomic E-state index is 9.82. The summed E-state index contributed by atoms with van der Waals surface area (Å²) >= 11 is 0. The molecular weight excluding hydrogens is 242 g/mol. The number of nitrogens with one attached hydrogen (secondary N) is 1. The van der Waals surface area contributed by atoms with Crippen LogP contribution in [0.4, 0.5) is 0 Å². The first-order valence-electron chi connectivity index (χ1n) is 7.23. The smallest absolute Gasteiger partial charge is 0.129 e. The van der Waals surface area contributed by atoms with Gasteiger partial charge in [0.25, 0.3) is 0 Å². The second-order valence-electron chi connectivity index (χ2n) is 5.59. The van der Waals surface area contributed by atoms with E-state index in [2.05, 4.69) is 12.2 Å². The standard InChI is InChI=1S/C15H25NO3/c1-2-15(6-4-7-15)12-16-9-13(17)10-18-11-14-5-3-8-19-14/h3,5,8,13,16-17H,2,4,6-7,9-12H2,1H3. The van der Waals surface area contributed by atoms with E-state index in [1.54, 1.807) is 6.26 Å². The number of hydrogen-bond acceptors (Lipinski definition) is 4. The Labute approximate surface area is 115 Å². The lowest BCUT2D eigenvalue weighted by Gasteiger charge is -2.41. The predicted molar refractivity (Wildman–Crippen MR) is 73.8 cm³/mol. The van der Waals surface area contributed by atoms with Crippen molar-refractivity contribution in [3.63, 3.8) is 0 Å². The molecule has 1 aliphatic rings. The fraction of sp³-hybridized carbons (Fsp3) is 0.733. The van der Waals surface area contributed by atoms with Gasteiger partial charge in [0.1, 0.15) is 12.4 Å². The summed E-state index contributed by atoms with van der Waals surface area (Å²) in [6, 6.07) is 3.70. The zero-order valence-electron chi connectivity index (χ0n) is 11.7. The summed E-state index contributed by atoms with van der Waals surface area (Å²) in [4.78, 5) is 0. The number of furan rings is 1. The number of ether oxygens (including phenoxy) is 1. The molecule has 1 unspecified atom stereocenters. The highest BCUT2D eigenvalue weighted by Gasteiger charge is 2.34. The molecule has 4 nitrogen and oxygen atoms in total. The van der Waals surface area contributed by atoms with E-state index in [1.807, 2.05) is 12.1 Å². The molecule has 2 N–H and O–H groups in total. The van der Waals surface area contributed by atoms with Crippen LogP contribution in [0.2, 0.25) is 0 Å². The van der Waals surface area contributed by atoms with Gasteiger partial charge in [-0.2, -0.15) is 0 Å². The Kier molecular flexibility index (Phi) is 5.43. The van der Waals surface area contributed by atoms with Gasteiger partial charge in [-0.05, 0) is 36.8 Å².